The summed E-state index contributed by atoms with van der Waals surface area (Å²) in [5.74, 6) is 0.974. The highest BCUT2D eigenvalue weighted by Crippen LogP contribution is 2.37. The summed E-state index contributed by atoms with van der Waals surface area (Å²) in [5.41, 5.74) is 11.1. The van der Waals surface area contributed by atoms with Gasteiger partial charge in [0, 0.05) is 35.0 Å². The number of unbranched alkanes of at least 4 members (excludes halogenated alkanes) is 1. The first-order valence-corrected chi connectivity index (χ1v) is 13.8. The van der Waals surface area contributed by atoms with Gasteiger partial charge in [0.2, 0.25) is 0 Å². The van der Waals surface area contributed by atoms with Crippen molar-refractivity contribution in [1.29, 1.82) is 5.41 Å². The van der Waals surface area contributed by atoms with Gasteiger partial charge in [-0.3, -0.25) is 0 Å². The van der Waals surface area contributed by atoms with E-state index < -0.39 is 0 Å². The molecule has 1 aromatic carbocycles. The average Bonchev–Trinajstić information content (AvgIpc) is 3.32. The van der Waals surface area contributed by atoms with Gasteiger partial charge in [0.15, 0.2) is 5.82 Å². The van der Waals surface area contributed by atoms with E-state index in [1.54, 1.807) is 15.9 Å². The fourth-order valence-corrected chi connectivity index (χ4v) is 4.89. The number of aldehydes is 1. The topological polar surface area (TPSA) is 97.1 Å². The first-order chi connectivity index (χ1) is 17.9. The number of nitrogens with two attached hydrogens (primary N) is 1. The van der Waals surface area contributed by atoms with Crippen molar-refractivity contribution >= 4 is 57.4 Å². The minimum Gasteiger partial charge on any atom is -0.383 e. The zero-order valence-electron chi connectivity index (χ0n) is 22.5. The lowest BCUT2D eigenvalue weighted by atomic mass is 9.74. The molecule has 2 rings (SSSR count). The molecule has 1 aromatic heterocycles. The Labute approximate surface area is 230 Å². The summed E-state index contributed by atoms with van der Waals surface area (Å²) in [7, 11) is 0. The van der Waals surface area contributed by atoms with Crippen molar-refractivity contribution in [2.24, 2.45) is 16.1 Å². The zero-order chi connectivity index (χ0) is 27.3. The summed E-state index contributed by atoms with van der Waals surface area (Å²) >= 11 is 3.29. The quantitative estimate of drug-likeness (QED) is 0.0987. The fourth-order valence-electron chi connectivity index (χ4n) is 4.69. The first kappa shape index (κ1) is 30.2. The number of hydrogen-bond donors (Lipinski definition) is 2. The van der Waals surface area contributed by atoms with Gasteiger partial charge in [0.05, 0.1) is 6.20 Å². The van der Waals surface area contributed by atoms with E-state index >= 15 is 0 Å². The van der Waals surface area contributed by atoms with Gasteiger partial charge in [-0.05, 0) is 61.6 Å². The predicted octanol–water partition coefficient (Wildman–Crippen LogP) is 8.10. The van der Waals surface area contributed by atoms with Crippen LogP contribution in [0.15, 0.2) is 52.6 Å². The molecule has 7 heteroatoms. The maximum atomic E-state index is 11.3. The second-order valence-corrected chi connectivity index (χ2v) is 9.89. The molecule has 0 saturated carbocycles. The van der Waals surface area contributed by atoms with E-state index in [2.05, 4.69) is 60.9 Å². The standard InChI is InChI=1S/C30H40BrN5O/c1-5-15-30(6-2,17-19-37)16-9-10-18-34-29-27(22-35-36(29)28(33)20-31)25(21-32)14-13-24(4)26-12-8-7-11-23(26)3/h7-8,11-14,18-22,32H,5-6,9-10,15-17,33H2,1-4H3/b24-13+,25-14+,28-20+,32-21?,34-18+/t30-/m1/s1. The highest BCUT2D eigenvalue weighted by molar-refractivity contribution is 9.11. The highest BCUT2D eigenvalue weighted by atomic mass is 79.9. The number of aliphatic imine (C=N–C) groups is 1. The molecule has 0 radical (unpaired) electrons. The lowest BCUT2D eigenvalue weighted by Gasteiger charge is -2.30. The van der Waals surface area contributed by atoms with Gasteiger partial charge in [-0.2, -0.15) is 9.78 Å². The van der Waals surface area contributed by atoms with Crippen molar-refractivity contribution in [3.63, 3.8) is 0 Å². The van der Waals surface area contributed by atoms with Gasteiger partial charge in [-0.15, -0.1) is 0 Å². The molecule has 0 bridgehead atoms. The lowest BCUT2D eigenvalue weighted by Crippen LogP contribution is -2.20. The van der Waals surface area contributed by atoms with Gasteiger partial charge in [-0.1, -0.05) is 79.0 Å². The van der Waals surface area contributed by atoms with Gasteiger partial charge >= 0.3 is 0 Å². The van der Waals surface area contributed by atoms with E-state index in [-0.39, 0.29) is 5.41 Å². The maximum absolute atomic E-state index is 11.3. The molecule has 0 aliphatic heterocycles. The monoisotopic (exact) mass is 565 g/mol. The van der Waals surface area contributed by atoms with E-state index in [1.807, 2.05) is 30.5 Å². The van der Waals surface area contributed by atoms with Crippen LogP contribution in [0.5, 0.6) is 0 Å². The Morgan fingerprint density at radius 1 is 1.22 bits per heavy atom. The zero-order valence-corrected chi connectivity index (χ0v) is 24.1. The van der Waals surface area contributed by atoms with Crippen LogP contribution in [0, 0.1) is 17.7 Å². The van der Waals surface area contributed by atoms with Crippen LogP contribution in [0.1, 0.15) is 82.4 Å². The Morgan fingerprint density at radius 3 is 2.59 bits per heavy atom. The molecule has 37 heavy (non-hydrogen) atoms. The van der Waals surface area contributed by atoms with Crippen LogP contribution in [0.2, 0.25) is 0 Å². The number of halogens is 1. The minimum atomic E-state index is 0.0811. The number of aryl methyl sites for hydroxylation is 1. The second kappa shape index (κ2) is 15.3. The third-order valence-corrected chi connectivity index (χ3v) is 7.42. The minimum absolute atomic E-state index is 0.0811. The molecule has 0 amide bonds. The van der Waals surface area contributed by atoms with Gasteiger partial charge in [0.1, 0.15) is 12.1 Å². The third-order valence-electron chi connectivity index (χ3n) is 6.95. The van der Waals surface area contributed by atoms with Crippen molar-refractivity contribution in [2.75, 3.05) is 0 Å². The van der Waals surface area contributed by atoms with E-state index in [9.17, 15) is 4.79 Å². The highest BCUT2D eigenvalue weighted by Gasteiger charge is 2.26. The van der Waals surface area contributed by atoms with Crippen LogP contribution in [0.4, 0.5) is 5.82 Å². The summed E-state index contributed by atoms with van der Waals surface area (Å²) in [6.45, 7) is 8.50. The Kier molecular flexibility index (Phi) is 12.4. The number of benzene rings is 1. The van der Waals surface area contributed by atoms with E-state index in [0.29, 0.717) is 23.6 Å². The van der Waals surface area contributed by atoms with Crippen molar-refractivity contribution in [1.82, 2.24) is 9.78 Å². The largest absolute Gasteiger partial charge is 0.383 e. The predicted molar refractivity (Wildman–Crippen MR) is 162 cm³/mol. The lowest BCUT2D eigenvalue weighted by molar-refractivity contribution is -0.110. The molecule has 0 saturated heterocycles. The van der Waals surface area contributed by atoms with Crippen molar-refractivity contribution < 1.29 is 4.79 Å². The number of nitrogens with one attached hydrogen (secondary N) is 1. The SMILES string of the molecule is CCC[C@@](CC)(CC=O)CCC/C=N/c1c(/C(C=N)=C/C=C(\C)c2ccccc2C)cnn1/C(N)=C/Br. The molecule has 1 atom stereocenters. The molecule has 2 aromatic rings. The molecule has 3 N–H and O–H groups in total. The number of allylic oxidation sites excluding steroid dienone is 4. The number of rotatable bonds is 15. The third kappa shape index (κ3) is 8.22. The Balaban J connectivity index is 2.32. The molecule has 0 fully saturated rings. The summed E-state index contributed by atoms with van der Waals surface area (Å²) in [4.78, 5) is 17.6. The molecule has 0 unspecified atom stereocenters. The Hall–Kier alpha value is -3.06. The molecular weight excluding hydrogens is 526 g/mol. The Morgan fingerprint density at radius 2 is 1.97 bits per heavy atom. The van der Waals surface area contributed by atoms with Gasteiger partial charge in [-0.25, -0.2) is 4.99 Å². The van der Waals surface area contributed by atoms with Crippen molar-refractivity contribution in [3.8, 4) is 0 Å². The molecule has 0 aliphatic rings. The van der Waals surface area contributed by atoms with Crippen molar-refractivity contribution in [3.05, 3.63) is 64.3 Å². The summed E-state index contributed by atoms with van der Waals surface area (Å²) < 4.78 is 1.57. The fraction of sp³-hybridized carbons (Fsp3) is 0.400. The summed E-state index contributed by atoms with van der Waals surface area (Å²) in [5, 5.41) is 12.5. The van der Waals surface area contributed by atoms with Crippen LogP contribution < -0.4 is 5.73 Å². The van der Waals surface area contributed by atoms with Crippen LogP contribution in [-0.2, 0) is 4.79 Å². The number of aromatic nitrogens is 2. The second-order valence-electron chi connectivity index (χ2n) is 9.44. The first-order valence-electron chi connectivity index (χ1n) is 12.9. The molecular formula is C30H40BrN5O. The van der Waals surface area contributed by atoms with Crippen LogP contribution in [0.3, 0.4) is 0 Å². The normalized spacial score (nSPS) is 14.7. The number of carbonyl (C=O) groups is 1. The van der Waals surface area contributed by atoms with Gasteiger partial charge < -0.3 is 15.9 Å². The smallest absolute Gasteiger partial charge is 0.164 e. The molecule has 0 aliphatic carbocycles. The Bertz CT molecular complexity index is 1170. The van der Waals surface area contributed by atoms with E-state index in [4.69, 9.17) is 16.1 Å². The molecule has 6 nitrogen and oxygen atoms in total. The van der Waals surface area contributed by atoms with E-state index in [1.165, 1.54) is 17.3 Å². The number of hydrogen-bond acceptors (Lipinski definition) is 5. The number of nitrogens with zero attached hydrogens (tertiary/aromatic N) is 3. The van der Waals surface area contributed by atoms with E-state index in [0.717, 1.165) is 55.9 Å². The molecule has 198 valence electrons. The average molecular weight is 567 g/mol. The maximum Gasteiger partial charge on any atom is 0.164 e. The summed E-state index contributed by atoms with van der Waals surface area (Å²) in [6.07, 6.45) is 16.4. The van der Waals surface area contributed by atoms with Crippen LogP contribution in [0.25, 0.3) is 17.0 Å². The van der Waals surface area contributed by atoms with Crippen LogP contribution >= 0.6 is 15.9 Å². The van der Waals surface area contributed by atoms with Gasteiger partial charge in [0.25, 0.3) is 0 Å². The summed E-state index contributed by atoms with van der Waals surface area (Å²) in [6, 6.07) is 8.24. The molecule has 0 spiro atoms. The number of carbonyl (C=O) groups excluding carboxylic acids is 1. The van der Waals surface area contributed by atoms with Crippen molar-refractivity contribution in [2.45, 2.75) is 72.6 Å². The van der Waals surface area contributed by atoms with Crippen LogP contribution in [-0.4, -0.2) is 28.5 Å². The molecule has 1 heterocycles.